The zero-order chi connectivity index (χ0) is 21.0. The molecule has 0 aromatic rings. The number of nitrogens with zero attached hydrogens (tertiary/aromatic N) is 1. The van der Waals surface area contributed by atoms with E-state index in [0.29, 0.717) is 19.5 Å². The van der Waals surface area contributed by atoms with Crippen LogP contribution in [0.5, 0.6) is 0 Å². The summed E-state index contributed by atoms with van der Waals surface area (Å²) in [5.74, 6) is -1.39. The number of aliphatic carboxylic acids is 1. The lowest BCUT2D eigenvalue weighted by atomic mass is 9.96. The molecular weight excluding hydrogens is 350 g/mol. The van der Waals surface area contributed by atoms with Gasteiger partial charge < -0.3 is 10.0 Å². The first-order chi connectivity index (χ1) is 13.6. The lowest BCUT2D eigenvalue weighted by Crippen LogP contribution is -2.33. The second kappa shape index (κ2) is 19.0. The Morgan fingerprint density at radius 1 is 0.821 bits per heavy atom. The zero-order valence-corrected chi connectivity index (χ0v) is 18.6. The Balaban J connectivity index is 3.62. The minimum Gasteiger partial charge on any atom is -0.481 e. The number of carboxylic acids is 1. The van der Waals surface area contributed by atoms with Gasteiger partial charge in [0.1, 0.15) is 0 Å². The van der Waals surface area contributed by atoms with E-state index in [2.05, 4.69) is 6.58 Å². The Morgan fingerprint density at radius 3 is 1.64 bits per heavy atom. The van der Waals surface area contributed by atoms with Crippen LogP contribution in [-0.2, 0) is 9.59 Å². The first kappa shape index (κ1) is 26.7. The largest absolute Gasteiger partial charge is 0.481 e. The van der Waals surface area contributed by atoms with E-state index in [4.69, 9.17) is 0 Å². The third-order valence-electron chi connectivity index (χ3n) is 5.60. The molecule has 1 atom stereocenters. The fourth-order valence-corrected chi connectivity index (χ4v) is 3.68. The molecule has 1 unspecified atom stereocenters. The molecule has 0 aliphatic heterocycles. The summed E-state index contributed by atoms with van der Waals surface area (Å²) in [6.07, 6.45) is 19.0. The maximum atomic E-state index is 12.1. The summed E-state index contributed by atoms with van der Waals surface area (Å²) in [6.45, 7) is 8.92. The van der Waals surface area contributed by atoms with E-state index < -0.39 is 11.9 Å². The van der Waals surface area contributed by atoms with Crippen LogP contribution in [0, 0.1) is 5.92 Å². The molecule has 0 radical (unpaired) electrons. The number of carbonyl (C=O) groups is 2. The molecule has 0 saturated heterocycles. The predicted octanol–water partition coefficient (Wildman–Crippen LogP) is 6.59. The van der Waals surface area contributed by atoms with E-state index in [1.807, 2.05) is 19.9 Å². The highest BCUT2D eigenvalue weighted by Crippen LogP contribution is 2.18. The van der Waals surface area contributed by atoms with Gasteiger partial charge in [-0.3, -0.25) is 9.59 Å². The smallest absolute Gasteiger partial charge is 0.307 e. The number of carboxylic acid groups (broad SMARTS) is 1. The first-order valence-electron chi connectivity index (χ1n) is 11.7. The molecule has 0 saturated carbocycles. The maximum absolute atomic E-state index is 12.1. The number of hydrogen-bond donors (Lipinski definition) is 1. The lowest BCUT2D eigenvalue weighted by molar-refractivity contribution is -0.146. The molecule has 0 aromatic carbocycles. The SMILES string of the molecule is C=CCCCCCCCCCCCCCCC(CC(=O)N(CC)CC)C(=O)O. The highest BCUT2D eigenvalue weighted by molar-refractivity contribution is 5.82. The van der Waals surface area contributed by atoms with Crippen molar-refractivity contribution < 1.29 is 14.7 Å². The molecule has 4 nitrogen and oxygen atoms in total. The number of amides is 1. The average molecular weight is 396 g/mol. The Hall–Kier alpha value is -1.32. The van der Waals surface area contributed by atoms with Crippen LogP contribution in [0.25, 0.3) is 0 Å². The van der Waals surface area contributed by atoms with Gasteiger partial charge in [0.25, 0.3) is 0 Å². The Morgan fingerprint density at radius 2 is 1.25 bits per heavy atom. The Labute approximate surface area is 173 Å². The Kier molecular flexibility index (Phi) is 18.1. The van der Waals surface area contributed by atoms with Crippen LogP contribution < -0.4 is 0 Å². The highest BCUT2D eigenvalue weighted by atomic mass is 16.4. The van der Waals surface area contributed by atoms with Crippen molar-refractivity contribution in [3.63, 3.8) is 0 Å². The Bertz CT molecular complexity index is 405. The standard InChI is InChI=1S/C24H45NO3/c1-4-7-8-9-10-11-12-13-14-15-16-17-18-19-20-22(24(27)28)21-23(26)25(5-2)6-3/h4,22H,1,5-21H2,2-3H3,(H,27,28). The fraction of sp³-hybridized carbons (Fsp3) is 0.833. The zero-order valence-electron chi connectivity index (χ0n) is 18.6. The van der Waals surface area contributed by atoms with Gasteiger partial charge in [0.15, 0.2) is 0 Å². The van der Waals surface area contributed by atoms with Crippen molar-refractivity contribution in [3.8, 4) is 0 Å². The van der Waals surface area contributed by atoms with Gasteiger partial charge in [-0.25, -0.2) is 0 Å². The second-order valence-electron chi connectivity index (χ2n) is 7.91. The minimum absolute atomic E-state index is 0.0295. The predicted molar refractivity (Wildman–Crippen MR) is 119 cm³/mol. The molecule has 0 rings (SSSR count). The molecule has 164 valence electrons. The van der Waals surface area contributed by atoms with Crippen LogP contribution in [0.4, 0.5) is 0 Å². The summed E-state index contributed by atoms with van der Waals surface area (Å²) in [5, 5.41) is 9.38. The highest BCUT2D eigenvalue weighted by Gasteiger charge is 2.22. The van der Waals surface area contributed by atoms with Crippen LogP contribution >= 0.6 is 0 Å². The lowest BCUT2D eigenvalue weighted by Gasteiger charge is -2.21. The van der Waals surface area contributed by atoms with Crippen LogP contribution in [0.15, 0.2) is 12.7 Å². The van der Waals surface area contributed by atoms with Crippen molar-refractivity contribution in [3.05, 3.63) is 12.7 Å². The molecule has 0 spiro atoms. The molecule has 28 heavy (non-hydrogen) atoms. The molecule has 0 aliphatic carbocycles. The molecule has 0 fully saturated rings. The summed E-state index contributed by atoms with van der Waals surface area (Å²) in [7, 11) is 0. The van der Waals surface area contributed by atoms with E-state index in [1.165, 1.54) is 64.2 Å². The molecule has 1 amide bonds. The van der Waals surface area contributed by atoms with E-state index in [-0.39, 0.29) is 12.3 Å². The molecule has 0 bridgehead atoms. The number of allylic oxidation sites excluding steroid dienone is 1. The van der Waals surface area contributed by atoms with E-state index >= 15 is 0 Å². The van der Waals surface area contributed by atoms with Crippen molar-refractivity contribution >= 4 is 11.9 Å². The third-order valence-corrected chi connectivity index (χ3v) is 5.60. The van der Waals surface area contributed by atoms with Crippen LogP contribution in [0.3, 0.4) is 0 Å². The molecule has 0 aromatic heterocycles. The third kappa shape index (κ3) is 14.7. The van der Waals surface area contributed by atoms with E-state index in [1.54, 1.807) is 4.90 Å². The van der Waals surface area contributed by atoms with Crippen LogP contribution in [0.2, 0.25) is 0 Å². The number of hydrogen-bond acceptors (Lipinski definition) is 2. The maximum Gasteiger partial charge on any atom is 0.307 e. The number of carbonyl (C=O) groups excluding carboxylic acids is 1. The van der Waals surface area contributed by atoms with E-state index in [9.17, 15) is 14.7 Å². The summed E-state index contributed by atoms with van der Waals surface area (Å²) in [5.41, 5.74) is 0. The van der Waals surface area contributed by atoms with Gasteiger partial charge in [-0.1, -0.05) is 76.7 Å². The summed E-state index contributed by atoms with van der Waals surface area (Å²) in [6, 6.07) is 0. The van der Waals surface area contributed by atoms with Gasteiger partial charge in [0.05, 0.1) is 5.92 Å². The van der Waals surface area contributed by atoms with Crippen molar-refractivity contribution in [1.82, 2.24) is 4.90 Å². The molecule has 0 heterocycles. The van der Waals surface area contributed by atoms with Gasteiger partial charge in [-0.2, -0.15) is 0 Å². The quantitative estimate of drug-likeness (QED) is 0.187. The van der Waals surface area contributed by atoms with Crippen molar-refractivity contribution in [2.45, 2.75) is 110 Å². The van der Waals surface area contributed by atoms with Gasteiger partial charge in [0.2, 0.25) is 5.91 Å². The minimum atomic E-state index is -0.829. The number of rotatable bonds is 20. The topological polar surface area (TPSA) is 57.6 Å². The summed E-state index contributed by atoms with van der Waals surface area (Å²) >= 11 is 0. The van der Waals surface area contributed by atoms with Crippen LogP contribution in [-0.4, -0.2) is 35.0 Å². The van der Waals surface area contributed by atoms with Gasteiger partial charge in [-0.15, -0.1) is 6.58 Å². The normalized spacial score (nSPS) is 11.9. The summed E-state index contributed by atoms with van der Waals surface area (Å²) < 4.78 is 0. The first-order valence-corrected chi connectivity index (χ1v) is 11.7. The monoisotopic (exact) mass is 395 g/mol. The van der Waals surface area contributed by atoms with Gasteiger partial charge >= 0.3 is 5.97 Å². The van der Waals surface area contributed by atoms with Gasteiger partial charge in [-0.05, 0) is 33.1 Å². The molecule has 1 N–H and O–H groups in total. The van der Waals surface area contributed by atoms with Crippen molar-refractivity contribution in [2.24, 2.45) is 5.92 Å². The second-order valence-corrected chi connectivity index (χ2v) is 7.91. The van der Waals surface area contributed by atoms with Crippen molar-refractivity contribution in [2.75, 3.05) is 13.1 Å². The average Bonchev–Trinajstić information content (AvgIpc) is 2.68. The van der Waals surface area contributed by atoms with E-state index in [0.717, 1.165) is 19.3 Å². The molecule has 0 aliphatic rings. The van der Waals surface area contributed by atoms with Crippen molar-refractivity contribution in [1.29, 1.82) is 0 Å². The number of unbranched alkanes of at least 4 members (excludes halogenated alkanes) is 12. The molecule has 4 heteroatoms. The van der Waals surface area contributed by atoms with Crippen LogP contribution in [0.1, 0.15) is 110 Å². The van der Waals surface area contributed by atoms with Gasteiger partial charge in [0, 0.05) is 19.5 Å². The summed E-state index contributed by atoms with van der Waals surface area (Å²) in [4.78, 5) is 25.3. The molecular formula is C24H45NO3. The fourth-order valence-electron chi connectivity index (χ4n) is 3.68.